The zero-order chi connectivity index (χ0) is 22.7. The van der Waals surface area contributed by atoms with Crippen LogP contribution in [-0.4, -0.2) is 10.1 Å². The molecule has 0 amide bonds. The number of nitrogens with zero attached hydrogens (tertiary/aromatic N) is 1. The lowest BCUT2D eigenvalue weighted by Crippen LogP contribution is -2.17. The maximum Gasteiger partial charge on any atom is 0.114 e. The molecule has 2 nitrogen and oxygen atoms in total. The maximum atomic E-state index is 10.4. The molecule has 0 fully saturated rings. The summed E-state index contributed by atoms with van der Waals surface area (Å²) in [6.07, 6.45) is 8.05. The van der Waals surface area contributed by atoms with Crippen LogP contribution in [0.15, 0.2) is 60.7 Å². The van der Waals surface area contributed by atoms with Gasteiger partial charge in [0.05, 0.1) is 21.0 Å². The topological polar surface area (TPSA) is 33.1 Å². The van der Waals surface area contributed by atoms with E-state index in [1.165, 1.54) is 22.5 Å². The van der Waals surface area contributed by atoms with Gasteiger partial charge in [0.1, 0.15) is 9.85 Å². The molecule has 4 rings (SSSR count). The molecule has 4 aromatic rings. The van der Waals surface area contributed by atoms with E-state index in [1.807, 2.05) is 50.3 Å². The first-order valence-corrected chi connectivity index (χ1v) is 12.1. The number of aryl methyl sites for hydroxylation is 1. The van der Waals surface area contributed by atoms with Gasteiger partial charge in [-0.2, -0.15) is 0 Å². The predicted molar refractivity (Wildman–Crippen MR) is 138 cm³/mol. The fourth-order valence-electron chi connectivity index (χ4n) is 3.73. The van der Waals surface area contributed by atoms with Gasteiger partial charge in [-0.05, 0) is 73.6 Å². The smallest absolute Gasteiger partial charge is 0.114 e. The molecule has 5 heteroatoms. The molecule has 2 heterocycles. The summed E-state index contributed by atoms with van der Waals surface area (Å²) in [5.41, 5.74) is 5.19. The summed E-state index contributed by atoms with van der Waals surface area (Å²) >= 11 is 13.8. The average molecular weight is 481 g/mol. The van der Waals surface area contributed by atoms with Gasteiger partial charge in [0, 0.05) is 0 Å². The van der Waals surface area contributed by atoms with Crippen molar-refractivity contribution in [2.24, 2.45) is 0 Å². The first kappa shape index (κ1) is 23.0. The minimum Gasteiger partial charge on any atom is -0.386 e. The van der Waals surface area contributed by atoms with Gasteiger partial charge in [-0.25, -0.2) is 4.98 Å². The third-order valence-corrected chi connectivity index (χ3v) is 7.22. The van der Waals surface area contributed by atoms with Gasteiger partial charge in [0.25, 0.3) is 0 Å². The Morgan fingerprint density at radius 3 is 2.56 bits per heavy atom. The number of fused-ring (bicyclic) bond motifs is 1. The Morgan fingerprint density at radius 1 is 0.969 bits per heavy atom. The second kappa shape index (κ2) is 9.76. The predicted octanol–water partition coefficient (Wildman–Crippen LogP) is 8.19. The van der Waals surface area contributed by atoms with Crippen LogP contribution in [0.2, 0.25) is 9.36 Å². The molecule has 0 atom stereocenters. The summed E-state index contributed by atoms with van der Waals surface area (Å²) in [7, 11) is 0. The summed E-state index contributed by atoms with van der Waals surface area (Å²) in [5.74, 6) is 0. The van der Waals surface area contributed by atoms with E-state index < -0.39 is 5.60 Å². The fraction of sp³-hybridized carbons (Fsp3) is 0.185. The molecule has 2 aromatic carbocycles. The number of hydrogen-bond acceptors (Lipinski definition) is 3. The van der Waals surface area contributed by atoms with Crippen molar-refractivity contribution in [2.75, 3.05) is 0 Å². The molecule has 163 valence electrons. The average Bonchev–Trinajstić information content (AvgIpc) is 3.05. The van der Waals surface area contributed by atoms with Crippen molar-refractivity contribution in [3.8, 4) is 0 Å². The third-order valence-electron chi connectivity index (χ3n) is 5.29. The Kier molecular flexibility index (Phi) is 7.02. The van der Waals surface area contributed by atoms with Crippen LogP contribution in [0.1, 0.15) is 48.2 Å². The molecular formula is C27H24Cl2NOS. The maximum absolute atomic E-state index is 10.4. The van der Waals surface area contributed by atoms with Gasteiger partial charge >= 0.3 is 0 Å². The van der Waals surface area contributed by atoms with Gasteiger partial charge < -0.3 is 5.11 Å². The fourth-order valence-corrected chi connectivity index (χ4v) is 5.14. The minimum atomic E-state index is -0.836. The molecule has 0 aliphatic heterocycles. The Bertz CT molecular complexity index is 1270. The second-order valence-corrected chi connectivity index (χ2v) is 10.3. The number of rotatable bonds is 7. The van der Waals surface area contributed by atoms with E-state index in [9.17, 15) is 5.11 Å². The molecule has 1 radical (unpaired) electrons. The highest BCUT2D eigenvalue weighted by molar-refractivity contribution is 7.23. The molecule has 0 saturated carbocycles. The quantitative estimate of drug-likeness (QED) is 0.289. The molecule has 0 spiro atoms. The van der Waals surface area contributed by atoms with Crippen LogP contribution in [0, 0.1) is 6.42 Å². The van der Waals surface area contributed by atoms with Crippen molar-refractivity contribution in [3.63, 3.8) is 0 Å². The highest BCUT2D eigenvalue weighted by atomic mass is 35.5. The van der Waals surface area contributed by atoms with E-state index in [-0.39, 0.29) is 0 Å². The lowest BCUT2D eigenvalue weighted by Gasteiger charge is -2.21. The number of benzene rings is 2. The van der Waals surface area contributed by atoms with Crippen molar-refractivity contribution >= 4 is 56.9 Å². The first-order valence-electron chi connectivity index (χ1n) is 10.5. The largest absolute Gasteiger partial charge is 0.386 e. The minimum absolute atomic E-state index is 0.518. The van der Waals surface area contributed by atoms with Crippen LogP contribution >= 0.6 is 34.5 Å². The van der Waals surface area contributed by atoms with Gasteiger partial charge in [0.2, 0.25) is 0 Å². The van der Waals surface area contributed by atoms with Crippen LogP contribution in [0.5, 0.6) is 0 Å². The van der Waals surface area contributed by atoms with Crippen LogP contribution in [0.4, 0.5) is 0 Å². The van der Waals surface area contributed by atoms with E-state index >= 15 is 0 Å². The van der Waals surface area contributed by atoms with Crippen LogP contribution < -0.4 is 0 Å². The Hall–Kier alpha value is -2.17. The van der Waals surface area contributed by atoms with E-state index in [0.29, 0.717) is 9.36 Å². The second-order valence-electron chi connectivity index (χ2n) is 8.24. The summed E-state index contributed by atoms with van der Waals surface area (Å²) < 4.78 is 1.56. The SMILES string of the molecule is CC(C)(O)c1ccccc1CC[CH]c1cccc(/C=C/c2ccc3sc(Cl)c(Cl)c3n2)c1. The third kappa shape index (κ3) is 5.41. The Morgan fingerprint density at radius 2 is 1.75 bits per heavy atom. The van der Waals surface area contributed by atoms with Gasteiger partial charge in [-0.3, -0.25) is 0 Å². The molecule has 0 aliphatic rings. The van der Waals surface area contributed by atoms with Crippen LogP contribution in [0.3, 0.4) is 0 Å². The number of hydrogen-bond donors (Lipinski definition) is 1. The summed E-state index contributed by atoms with van der Waals surface area (Å²) in [4.78, 5) is 4.62. The molecule has 2 aromatic heterocycles. The molecular weight excluding hydrogens is 457 g/mol. The monoisotopic (exact) mass is 480 g/mol. The van der Waals surface area contributed by atoms with Gasteiger partial charge in [-0.1, -0.05) is 77.8 Å². The number of halogens is 2. The number of aromatic nitrogens is 1. The molecule has 0 bridgehead atoms. The molecule has 0 saturated heterocycles. The molecule has 1 N–H and O–H groups in total. The van der Waals surface area contributed by atoms with Crippen molar-refractivity contribution in [1.29, 1.82) is 0 Å². The van der Waals surface area contributed by atoms with E-state index in [0.717, 1.165) is 39.9 Å². The number of aliphatic hydroxyl groups is 1. The number of pyridine rings is 1. The molecule has 32 heavy (non-hydrogen) atoms. The Labute approximate surface area is 203 Å². The van der Waals surface area contributed by atoms with Gasteiger partial charge in [-0.15, -0.1) is 11.3 Å². The van der Waals surface area contributed by atoms with E-state index in [2.05, 4.69) is 47.8 Å². The van der Waals surface area contributed by atoms with E-state index in [1.54, 1.807) is 0 Å². The van der Waals surface area contributed by atoms with E-state index in [4.69, 9.17) is 23.2 Å². The lowest BCUT2D eigenvalue weighted by atomic mass is 9.90. The van der Waals surface area contributed by atoms with Crippen LogP contribution in [-0.2, 0) is 12.0 Å². The first-order chi connectivity index (χ1) is 15.3. The summed E-state index contributed by atoms with van der Waals surface area (Å²) in [6.45, 7) is 3.66. The highest BCUT2D eigenvalue weighted by Crippen LogP contribution is 2.37. The normalized spacial score (nSPS) is 12.2. The van der Waals surface area contributed by atoms with Crippen molar-refractivity contribution in [2.45, 2.75) is 32.3 Å². The molecule has 0 unspecified atom stereocenters. The van der Waals surface area contributed by atoms with Crippen LogP contribution in [0.25, 0.3) is 22.4 Å². The van der Waals surface area contributed by atoms with Gasteiger partial charge in [0.15, 0.2) is 0 Å². The summed E-state index contributed by atoms with van der Waals surface area (Å²) in [6, 6.07) is 20.5. The lowest BCUT2D eigenvalue weighted by molar-refractivity contribution is 0.0776. The standard InChI is InChI=1S/C27H24Cl2NOS/c1-27(2,31)22-12-4-3-10-20(22)11-6-9-18-7-5-8-19(17-18)13-14-21-15-16-23-25(30-21)24(28)26(29)32-23/h3-5,7-10,12-17,31H,6,11H2,1-2H3/b14-13+. The molecule has 0 aliphatic carbocycles. The van der Waals surface area contributed by atoms with Crippen molar-refractivity contribution in [1.82, 2.24) is 4.98 Å². The zero-order valence-corrected chi connectivity index (χ0v) is 20.3. The Balaban J connectivity index is 1.43. The zero-order valence-electron chi connectivity index (χ0n) is 18.0. The van der Waals surface area contributed by atoms with Crippen molar-refractivity contribution in [3.05, 3.63) is 104 Å². The number of thiophene rings is 1. The van der Waals surface area contributed by atoms with Crippen molar-refractivity contribution < 1.29 is 5.11 Å². The highest BCUT2D eigenvalue weighted by Gasteiger charge is 2.19. The summed E-state index contributed by atoms with van der Waals surface area (Å²) in [5, 5.41) is 10.9.